The lowest BCUT2D eigenvalue weighted by Crippen LogP contribution is -2.37. The molecule has 1 aromatic carbocycles. The number of rotatable bonds is 5. The molecule has 1 atom stereocenters. The van der Waals surface area contributed by atoms with Gasteiger partial charge in [0, 0.05) is 32.0 Å². The summed E-state index contributed by atoms with van der Waals surface area (Å²) in [5.74, 6) is -0.0303. The van der Waals surface area contributed by atoms with Gasteiger partial charge in [-0.2, -0.15) is 0 Å². The molecule has 1 saturated carbocycles. The monoisotopic (exact) mass is 409 g/mol. The highest BCUT2D eigenvalue weighted by Crippen LogP contribution is 2.36. The van der Waals surface area contributed by atoms with Gasteiger partial charge in [0.05, 0.1) is 12.2 Å². The summed E-state index contributed by atoms with van der Waals surface area (Å²) in [5.41, 5.74) is 1.83. The lowest BCUT2D eigenvalue weighted by atomic mass is 9.85. The van der Waals surface area contributed by atoms with E-state index in [1.807, 2.05) is 6.07 Å². The number of ketones is 1. The third-order valence-corrected chi connectivity index (χ3v) is 6.29. The number of nitrogens with one attached hydrogen (secondary N) is 2. The number of hydrogen-bond acceptors (Lipinski definition) is 5. The van der Waals surface area contributed by atoms with Crippen LogP contribution in [0.2, 0.25) is 0 Å². The molecule has 1 heterocycles. The molecule has 2 aliphatic rings. The van der Waals surface area contributed by atoms with Crippen LogP contribution in [0.5, 0.6) is 5.75 Å². The number of hydrogen-bond donors (Lipinski definition) is 4. The normalized spacial score (nSPS) is 23.6. The van der Waals surface area contributed by atoms with Crippen LogP contribution in [0.25, 0.3) is 0 Å². The number of aromatic hydroxyl groups is 1. The summed E-state index contributed by atoms with van der Waals surface area (Å²) in [5, 5.41) is 16.6. The Hall–Kier alpha value is -1.97. The standard InChI is InChI=1S/C19H27N3O5S/c1-20-19(25)13-2-5-15(6-3-13)21-10-12-8-14-4-7-16(23)11-22(28(26)27)18(14)17(24)9-12/h8-9,13,15,21,24H,2-7,10-11H2,1H3,(H,20,25)(H,26,27). The molecule has 1 aromatic rings. The molecule has 8 nitrogen and oxygen atoms in total. The fourth-order valence-electron chi connectivity index (χ4n) is 4.07. The Morgan fingerprint density at radius 1 is 1.25 bits per heavy atom. The van der Waals surface area contributed by atoms with Gasteiger partial charge in [0.1, 0.15) is 5.75 Å². The topological polar surface area (TPSA) is 119 Å². The number of aryl methyl sites for hydroxylation is 1. The molecule has 28 heavy (non-hydrogen) atoms. The summed E-state index contributed by atoms with van der Waals surface area (Å²) in [4.78, 5) is 23.6. The molecule has 1 aliphatic carbocycles. The first-order valence-electron chi connectivity index (χ1n) is 9.59. The second kappa shape index (κ2) is 9.02. The van der Waals surface area contributed by atoms with Crippen molar-refractivity contribution in [3.8, 4) is 5.75 Å². The van der Waals surface area contributed by atoms with Gasteiger partial charge in [-0.1, -0.05) is 6.07 Å². The molecule has 3 rings (SSSR count). The number of phenols is 1. The van der Waals surface area contributed by atoms with Crippen LogP contribution < -0.4 is 14.9 Å². The molecule has 1 fully saturated rings. The minimum absolute atomic E-state index is 0.0856. The Kier molecular flexibility index (Phi) is 6.69. The molecule has 0 radical (unpaired) electrons. The maximum atomic E-state index is 11.9. The highest BCUT2D eigenvalue weighted by molar-refractivity contribution is 7.80. The Balaban J connectivity index is 1.67. The zero-order valence-corrected chi connectivity index (χ0v) is 16.8. The number of fused-ring (bicyclic) bond motifs is 1. The minimum atomic E-state index is -2.37. The van der Waals surface area contributed by atoms with Crippen molar-refractivity contribution in [3.63, 3.8) is 0 Å². The molecule has 1 unspecified atom stereocenters. The molecule has 9 heteroatoms. The van der Waals surface area contributed by atoms with Gasteiger partial charge in [0.15, 0.2) is 5.78 Å². The van der Waals surface area contributed by atoms with E-state index in [1.54, 1.807) is 13.1 Å². The number of nitrogens with zero attached hydrogens (tertiary/aromatic N) is 1. The van der Waals surface area contributed by atoms with Crippen LogP contribution in [-0.4, -0.2) is 45.2 Å². The first kappa shape index (κ1) is 20.8. The van der Waals surface area contributed by atoms with Crippen molar-refractivity contribution in [3.05, 3.63) is 23.3 Å². The molecular weight excluding hydrogens is 382 g/mol. The van der Waals surface area contributed by atoms with Crippen LogP contribution in [-0.2, 0) is 33.8 Å². The van der Waals surface area contributed by atoms with Gasteiger partial charge < -0.3 is 15.7 Å². The predicted octanol–water partition coefficient (Wildman–Crippen LogP) is 1.24. The fraction of sp³-hybridized carbons (Fsp3) is 0.579. The van der Waals surface area contributed by atoms with E-state index in [0.29, 0.717) is 24.6 Å². The Bertz CT molecular complexity index is 777. The Morgan fingerprint density at radius 3 is 2.61 bits per heavy atom. The van der Waals surface area contributed by atoms with E-state index >= 15 is 0 Å². The molecule has 0 spiro atoms. The summed E-state index contributed by atoms with van der Waals surface area (Å²) in [6.45, 7) is 0.363. The maximum Gasteiger partial charge on any atom is 0.262 e. The third-order valence-electron chi connectivity index (χ3n) is 5.60. The minimum Gasteiger partial charge on any atom is -0.506 e. The predicted molar refractivity (Wildman–Crippen MR) is 106 cm³/mol. The molecule has 1 amide bonds. The summed E-state index contributed by atoms with van der Waals surface area (Å²) in [7, 11) is 1.67. The summed E-state index contributed by atoms with van der Waals surface area (Å²) >= 11 is -2.37. The van der Waals surface area contributed by atoms with E-state index in [4.69, 9.17) is 0 Å². The number of Topliss-reactive ketones (excluding diaryl/α,β-unsaturated/α-hetero) is 1. The van der Waals surface area contributed by atoms with Crippen molar-refractivity contribution in [1.82, 2.24) is 10.6 Å². The maximum absolute atomic E-state index is 11.9. The molecule has 0 saturated heterocycles. The van der Waals surface area contributed by atoms with Gasteiger partial charge in [-0.25, -0.2) is 4.21 Å². The third kappa shape index (κ3) is 4.71. The van der Waals surface area contributed by atoms with E-state index in [-0.39, 0.29) is 42.0 Å². The number of phenolic OH excluding ortho intramolecular Hbond substituents is 1. The first-order chi connectivity index (χ1) is 13.4. The zero-order chi connectivity index (χ0) is 20.3. The quantitative estimate of drug-likeness (QED) is 0.544. The smallest absolute Gasteiger partial charge is 0.262 e. The molecular formula is C19H27N3O5S. The van der Waals surface area contributed by atoms with Crippen molar-refractivity contribution in [2.45, 2.75) is 51.1 Å². The number of carbonyl (C=O) groups is 2. The van der Waals surface area contributed by atoms with Gasteiger partial charge in [-0.15, -0.1) is 0 Å². The second-order valence-corrected chi connectivity index (χ2v) is 8.37. The van der Waals surface area contributed by atoms with Crippen LogP contribution in [0.4, 0.5) is 5.69 Å². The average molecular weight is 410 g/mol. The molecule has 4 N–H and O–H groups in total. The first-order valence-corrected chi connectivity index (χ1v) is 10.6. The van der Waals surface area contributed by atoms with E-state index < -0.39 is 11.3 Å². The average Bonchev–Trinajstić information content (AvgIpc) is 2.85. The molecule has 0 bridgehead atoms. The van der Waals surface area contributed by atoms with E-state index in [0.717, 1.165) is 35.6 Å². The highest BCUT2D eigenvalue weighted by Gasteiger charge is 2.28. The van der Waals surface area contributed by atoms with Crippen molar-refractivity contribution < 1.29 is 23.5 Å². The van der Waals surface area contributed by atoms with Crippen molar-refractivity contribution in [2.24, 2.45) is 5.92 Å². The zero-order valence-electron chi connectivity index (χ0n) is 15.9. The van der Waals surface area contributed by atoms with Gasteiger partial charge >= 0.3 is 0 Å². The second-order valence-electron chi connectivity index (χ2n) is 7.47. The van der Waals surface area contributed by atoms with Crippen LogP contribution in [0.15, 0.2) is 12.1 Å². The van der Waals surface area contributed by atoms with Crippen molar-refractivity contribution >= 4 is 28.6 Å². The fourth-order valence-corrected chi connectivity index (χ4v) is 4.70. The van der Waals surface area contributed by atoms with Crippen LogP contribution in [0.1, 0.15) is 43.2 Å². The molecule has 154 valence electrons. The largest absolute Gasteiger partial charge is 0.506 e. The lowest BCUT2D eigenvalue weighted by molar-refractivity contribution is -0.125. The number of anilines is 1. The van der Waals surface area contributed by atoms with Gasteiger partial charge in [0.2, 0.25) is 5.91 Å². The van der Waals surface area contributed by atoms with Gasteiger partial charge in [0.25, 0.3) is 11.3 Å². The lowest BCUT2D eigenvalue weighted by Gasteiger charge is -2.28. The molecule has 0 aromatic heterocycles. The SMILES string of the molecule is CNC(=O)C1CCC(NCc2cc(O)c3c(c2)CCC(=O)CN3S(=O)O)CC1. The number of carbonyl (C=O) groups excluding carboxylic acids is 2. The van der Waals surface area contributed by atoms with Crippen LogP contribution in [0, 0.1) is 5.92 Å². The molecule has 1 aliphatic heterocycles. The van der Waals surface area contributed by atoms with Gasteiger partial charge in [-0.3, -0.25) is 18.4 Å². The van der Waals surface area contributed by atoms with E-state index in [2.05, 4.69) is 10.6 Å². The number of benzene rings is 1. The van der Waals surface area contributed by atoms with E-state index in [9.17, 15) is 23.5 Å². The summed E-state index contributed by atoms with van der Waals surface area (Å²) < 4.78 is 22.2. The van der Waals surface area contributed by atoms with Gasteiger partial charge in [-0.05, 0) is 49.3 Å². The highest BCUT2D eigenvalue weighted by atomic mass is 32.2. The Labute approximate surface area is 167 Å². The summed E-state index contributed by atoms with van der Waals surface area (Å²) in [6, 6.07) is 3.78. The summed E-state index contributed by atoms with van der Waals surface area (Å²) in [6.07, 6.45) is 4.25. The van der Waals surface area contributed by atoms with Crippen LogP contribution >= 0.6 is 0 Å². The van der Waals surface area contributed by atoms with Crippen molar-refractivity contribution in [2.75, 3.05) is 17.9 Å². The Morgan fingerprint density at radius 2 is 1.96 bits per heavy atom. The van der Waals surface area contributed by atoms with Crippen molar-refractivity contribution in [1.29, 1.82) is 0 Å². The van der Waals surface area contributed by atoms with E-state index in [1.165, 1.54) is 0 Å². The van der Waals surface area contributed by atoms with Crippen LogP contribution in [0.3, 0.4) is 0 Å². The number of amides is 1.